The van der Waals surface area contributed by atoms with Gasteiger partial charge in [-0.2, -0.15) is 0 Å². The molecule has 1 aromatic heterocycles. The van der Waals surface area contributed by atoms with Crippen LogP contribution < -0.4 is 4.31 Å². The molecule has 0 aliphatic heterocycles. The second-order valence-corrected chi connectivity index (χ2v) is 10.7. The SMILES string of the molecule is CC(C)c1nc(N(C)S(C)(=O)=O)nc2c1C[C@@H]([C@H](O)C[C@@H](O)CC(=O)O)c1cc(F)ccc1-2. The molecule has 0 saturated heterocycles. The molecule has 180 valence electrons. The largest absolute Gasteiger partial charge is 0.481 e. The van der Waals surface area contributed by atoms with E-state index in [2.05, 4.69) is 9.97 Å². The van der Waals surface area contributed by atoms with Crippen LogP contribution in [0.3, 0.4) is 0 Å². The standard InChI is InChI=1S/C22H28FN3O6S/c1-11(2)20-17-10-16(18(28)8-13(27)9-19(29)30)15-7-12(23)5-6-14(15)21(17)25-22(24-20)26(3)33(4,31)32/h5-7,11,13,16,18,27-28H,8-10H2,1-4H3,(H,29,30)/t13-,16-,18-/m1/s1. The summed E-state index contributed by atoms with van der Waals surface area (Å²) in [5, 5.41) is 29.8. The Morgan fingerprint density at radius 3 is 2.52 bits per heavy atom. The Labute approximate surface area is 192 Å². The van der Waals surface area contributed by atoms with Crippen molar-refractivity contribution in [3.63, 3.8) is 0 Å². The van der Waals surface area contributed by atoms with Gasteiger partial charge in [-0.25, -0.2) is 27.1 Å². The summed E-state index contributed by atoms with van der Waals surface area (Å²) in [6.07, 6.45) is -1.85. The maximum Gasteiger partial charge on any atom is 0.305 e. The molecular formula is C22H28FN3O6S. The minimum absolute atomic E-state index is 0.00824. The first-order valence-corrected chi connectivity index (χ1v) is 12.4. The van der Waals surface area contributed by atoms with Crippen molar-refractivity contribution in [1.29, 1.82) is 0 Å². The molecule has 0 spiro atoms. The molecule has 0 bridgehead atoms. The lowest BCUT2D eigenvalue weighted by Crippen LogP contribution is -2.31. The van der Waals surface area contributed by atoms with E-state index in [0.29, 0.717) is 28.1 Å². The molecule has 0 saturated carbocycles. The molecular weight excluding hydrogens is 453 g/mol. The van der Waals surface area contributed by atoms with Gasteiger partial charge in [-0.05, 0) is 36.1 Å². The number of benzene rings is 1. The van der Waals surface area contributed by atoms with E-state index >= 15 is 0 Å². The number of carboxylic acids is 1. The van der Waals surface area contributed by atoms with Crippen molar-refractivity contribution in [3.05, 3.63) is 40.8 Å². The predicted octanol–water partition coefficient (Wildman–Crippen LogP) is 2.03. The van der Waals surface area contributed by atoms with Crippen LogP contribution in [0.2, 0.25) is 0 Å². The third kappa shape index (κ3) is 5.31. The van der Waals surface area contributed by atoms with Crippen molar-refractivity contribution in [2.24, 2.45) is 0 Å². The van der Waals surface area contributed by atoms with E-state index in [4.69, 9.17) is 5.11 Å². The second kappa shape index (κ2) is 9.32. The third-order valence-corrected chi connectivity index (χ3v) is 6.99. The summed E-state index contributed by atoms with van der Waals surface area (Å²) in [4.78, 5) is 19.9. The molecule has 1 aliphatic rings. The maximum absolute atomic E-state index is 14.2. The number of rotatable bonds is 8. The van der Waals surface area contributed by atoms with Gasteiger partial charge in [-0.3, -0.25) is 4.79 Å². The van der Waals surface area contributed by atoms with E-state index in [-0.39, 0.29) is 24.7 Å². The molecule has 1 aromatic carbocycles. The van der Waals surface area contributed by atoms with Crippen LogP contribution in [0.1, 0.15) is 55.3 Å². The van der Waals surface area contributed by atoms with Crippen molar-refractivity contribution >= 4 is 21.9 Å². The number of halogens is 1. The maximum atomic E-state index is 14.2. The molecule has 0 fully saturated rings. The average Bonchev–Trinajstić information content (AvgIpc) is 2.69. The molecule has 1 heterocycles. The van der Waals surface area contributed by atoms with E-state index in [9.17, 15) is 27.8 Å². The number of aliphatic hydroxyl groups excluding tert-OH is 2. The topological polar surface area (TPSA) is 141 Å². The van der Waals surface area contributed by atoms with Gasteiger partial charge in [0, 0.05) is 30.5 Å². The highest BCUT2D eigenvalue weighted by molar-refractivity contribution is 7.92. The molecule has 9 nitrogen and oxygen atoms in total. The second-order valence-electron chi connectivity index (χ2n) is 8.72. The zero-order valence-electron chi connectivity index (χ0n) is 18.9. The van der Waals surface area contributed by atoms with E-state index in [1.165, 1.54) is 25.2 Å². The van der Waals surface area contributed by atoms with Gasteiger partial charge in [0.15, 0.2) is 0 Å². The minimum atomic E-state index is -3.62. The number of carboxylic acid groups (broad SMARTS) is 1. The first kappa shape index (κ1) is 25.0. The molecule has 0 unspecified atom stereocenters. The van der Waals surface area contributed by atoms with Crippen LogP contribution in [-0.2, 0) is 21.2 Å². The molecule has 3 atom stereocenters. The summed E-state index contributed by atoms with van der Waals surface area (Å²) in [6.45, 7) is 3.80. The van der Waals surface area contributed by atoms with E-state index in [1.807, 2.05) is 13.8 Å². The number of aliphatic hydroxyl groups is 2. The normalized spacial score (nSPS) is 17.3. The lowest BCUT2D eigenvalue weighted by atomic mass is 9.75. The number of anilines is 1. The fourth-order valence-corrected chi connectivity index (χ4v) is 4.52. The first-order valence-electron chi connectivity index (χ1n) is 10.5. The van der Waals surface area contributed by atoms with Crippen LogP contribution >= 0.6 is 0 Å². The van der Waals surface area contributed by atoms with E-state index in [0.717, 1.165) is 10.6 Å². The molecule has 3 rings (SSSR count). The van der Waals surface area contributed by atoms with E-state index < -0.39 is 46.4 Å². The van der Waals surface area contributed by atoms with Gasteiger partial charge in [-0.15, -0.1) is 0 Å². The highest BCUT2D eigenvalue weighted by atomic mass is 32.2. The predicted molar refractivity (Wildman–Crippen MR) is 120 cm³/mol. The van der Waals surface area contributed by atoms with Crippen molar-refractivity contribution < 1.29 is 32.9 Å². The quantitative estimate of drug-likeness (QED) is 0.520. The smallest absolute Gasteiger partial charge is 0.305 e. The Balaban J connectivity index is 2.15. The fraction of sp³-hybridized carbons (Fsp3) is 0.500. The minimum Gasteiger partial charge on any atom is -0.481 e. The summed E-state index contributed by atoms with van der Waals surface area (Å²) in [5.74, 6) is -2.46. The summed E-state index contributed by atoms with van der Waals surface area (Å²) in [6, 6.07) is 4.07. The Morgan fingerprint density at radius 1 is 1.27 bits per heavy atom. The van der Waals surface area contributed by atoms with Gasteiger partial charge in [0.1, 0.15) is 5.82 Å². The molecule has 1 aliphatic carbocycles. The Kier molecular flexibility index (Phi) is 7.06. The van der Waals surface area contributed by atoms with Crippen LogP contribution in [0.4, 0.5) is 10.3 Å². The van der Waals surface area contributed by atoms with Gasteiger partial charge in [0.05, 0.1) is 36.3 Å². The average molecular weight is 482 g/mol. The van der Waals surface area contributed by atoms with Gasteiger partial charge in [0.2, 0.25) is 16.0 Å². The number of hydrogen-bond acceptors (Lipinski definition) is 7. The van der Waals surface area contributed by atoms with E-state index in [1.54, 1.807) is 0 Å². The van der Waals surface area contributed by atoms with Crippen molar-refractivity contribution in [1.82, 2.24) is 9.97 Å². The molecule has 3 N–H and O–H groups in total. The number of aliphatic carboxylic acids is 1. The van der Waals surface area contributed by atoms with Crippen LogP contribution in [0, 0.1) is 5.82 Å². The number of sulfonamides is 1. The van der Waals surface area contributed by atoms with Crippen LogP contribution in [0.5, 0.6) is 0 Å². The zero-order valence-corrected chi connectivity index (χ0v) is 19.7. The number of fused-ring (bicyclic) bond motifs is 3. The molecule has 33 heavy (non-hydrogen) atoms. The summed E-state index contributed by atoms with van der Waals surface area (Å²) < 4.78 is 39.3. The third-order valence-electron chi connectivity index (χ3n) is 5.83. The van der Waals surface area contributed by atoms with Crippen LogP contribution in [0.15, 0.2) is 18.2 Å². The van der Waals surface area contributed by atoms with Crippen LogP contribution in [-0.4, -0.2) is 65.2 Å². The molecule has 11 heteroatoms. The van der Waals surface area contributed by atoms with Gasteiger partial charge >= 0.3 is 5.97 Å². The highest BCUT2D eigenvalue weighted by Crippen LogP contribution is 2.44. The molecule has 0 amide bonds. The van der Waals surface area contributed by atoms with Crippen molar-refractivity contribution in [2.45, 2.75) is 57.2 Å². The van der Waals surface area contributed by atoms with Crippen molar-refractivity contribution in [3.8, 4) is 11.3 Å². The Bertz CT molecular complexity index is 1170. The van der Waals surface area contributed by atoms with Gasteiger partial charge < -0.3 is 15.3 Å². The van der Waals surface area contributed by atoms with Gasteiger partial charge in [0.25, 0.3) is 0 Å². The monoisotopic (exact) mass is 481 g/mol. The molecule has 0 radical (unpaired) electrons. The number of nitrogens with zero attached hydrogens (tertiary/aromatic N) is 3. The summed E-state index contributed by atoms with van der Waals surface area (Å²) >= 11 is 0. The summed E-state index contributed by atoms with van der Waals surface area (Å²) in [7, 11) is -2.27. The lowest BCUT2D eigenvalue weighted by molar-refractivity contribution is -0.139. The Hall–Kier alpha value is -2.63. The number of aromatic nitrogens is 2. The number of carbonyl (C=O) groups is 1. The first-order chi connectivity index (χ1) is 15.3. The number of hydrogen-bond donors (Lipinski definition) is 3. The van der Waals surface area contributed by atoms with Crippen LogP contribution in [0.25, 0.3) is 11.3 Å². The Morgan fingerprint density at radius 2 is 1.94 bits per heavy atom. The highest BCUT2D eigenvalue weighted by Gasteiger charge is 2.35. The van der Waals surface area contributed by atoms with Gasteiger partial charge in [-0.1, -0.05) is 13.8 Å². The fourth-order valence-electron chi connectivity index (χ4n) is 4.14. The molecule has 2 aromatic rings. The van der Waals surface area contributed by atoms with Crippen molar-refractivity contribution in [2.75, 3.05) is 17.6 Å². The lowest BCUT2D eigenvalue weighted by Gasteiger charge is -2.33. The zero-order chi connectivity index (χ0) is 24.7. The summed E-state index contributed by atoms with van der Waals surface area (Å²) in [5.41, 5.74) is 2.75.